The van der Waals surface area contributed by atoms with Crippen LogP contribution in [-0.4, -0.2) is 17.4 Å². The summed E-state index contributed by atoms with van der Waals surface area (Å²) in [7, 11) is -2.24. The molecule has 0 spiro atoms. The van der Waals surface area contributed by atoms with E-state index in [-0.39, 0.29) is 0 Å². The molecule has 0 radical (unpaired) electrons. The lowest BCUT2D eigenvalue weighted by Gasteiger charge is -2.25. The Morgan fingerprint density at radius 2 is 0.302 bits per heavy atom. The van der Waals surface area contributed by atoms with Crippen LogP contribution < -0.4 is 0 Å². The first-order valence-corrected chi connectivity index (χ1v) is 66.1. The average molecular weight is 1980 g/mol. The maximum atomic E-state index is 6.30. The van der Waals surface area contributed by atoms with Gasteiger partial charge in [-0.1, -0.05) is 234 Å². The number of rotatable bonds is 58. The Balaban J connectivity index is 0.000000176. The third-order valence-electron chi connectivity index (χ3n) is 23.6. The third-order valence-corrected chi connectivity index (χ3v) is 47.3. The summed E-state index contributed by atoms with van der Waals surface area (Å²) in [6.45, 7) is 20.9. The van der Waals surface area contributed by atoms with E-state index in [4.69, 9.17) is 4.12 Å². The van der Waals surface area contributed by atoms with E-state index in [1.54, 1.807) is 14.6 Å². The van der Waals surface area contributed by atoms with Gasteiger partial charge in [0, 0.05) is 137 Å². The molecule has 678 valence electrons. The van der Waals surface area contributed by atoms with Gasteiger partial charge >= 0.3 is 0 Å². The number of thiophene rings is 14. The van der Waals surface area contributed by atoms with E-state index in [1.165, 1.54) is 404 Å². The normalized spacial score (nSPS) is 11.8. The first-order chi connectivity index (χ1) is 61.8. The summed E-state index contributed by atoms with van der Waals surface area (Å²) in [5.74, 6) is 0. The first kappa shape index (κ1) is 101. The Hall–Kier alpha value is -3.81. The highest BCUT2D eigenvalue weighted by molar-refractivity contribution is 7.32. The van der Waals surface area contributed by atoms with Gasteiger partial charge in [-0.05, 0) is 279 Å². The van der Waals surface area contributed by atoms with Crippen LogP contribution in [0.3, 0.4) is 0 Å². The van der Waals surface area contributed by atoms with Gasteiger partial charge in [-0.25, -0.2) is 0 Å². The van der Waals surface area contributed by atoms with Crippen molar-refractivity contribution in [3.05, 3.63) is 199 Å². The molecule has 0 aliphatic carbocycles. The zero-order valence-electron chi connectivity index (χ0n) is 77.5. The Morgan fingerprint density at radius 3 is 0.460 bits per heavy atom. The molecule has 126 heavy (non-hydrogen) atoms. The smallest absolute Gasteiger partial charge is 0.173 e. The molecule has 14 rings (SSSR count). The maximum absolute atomic E-state index is 6.30. The van der Waals surface area contributed by atoms with Gasteiger partial charge in [0.05, 0.1) is 0 Å². The molecule has 14 heterocycles. The molecular formula is C109H144OS14Si2. The van der Waals surface area contributed by atoms with Crippen molar-refractivity contribution in [2.45, 2.75) is 343 Å². The second-order valence-electron chi connectivity index (χ2n) is 35.4. The van der Waals surface area contributed by atoms with Gasteiger partial charge in [-0.15, -0.1) is 159 Å². The number of aryl methyl sites for hydroxylation is 6. The summed E-state index contributed by atoms with van der Waals surface area (Å²) >= 11 is 27.5. The lowest BCUT2D eigenvalue weighted by molar-refractivity contribution is 0.545. The summed E-state index contributed by atoms with van der Waals surface area (Å²) in [6, 6.07) is 66.6. The molecule has 0 aliphatic heterocycles. The molecule has 0 N–H and O–H groups in total. The van der Waals surface area contributed by atoms with Crippen molar-refractivity contribution in [2.24, 2.45) is 0 Å². The molecule has 0 saturated carbocycles. The van der Waals surface area contributed by atoms with E-state index in [0.717, 1.165) is 0 Å². The molecule has 0 amide bonds. The second-order valence-corrected chi connectivity index (χ2v) is 58.1. The number of hydrogen-bond donors (Lipinski definition) is 0. The number of unbranched alkanes of at least 4 members (excludes halogenated alkanes) is 31. The topological polar surface area (TPSA) is 9.23 Å². The van der Waals surface area contributed by atoms with Crippen molar-refractivity contribution < 1.29 is 4.12 Å². The van der Waals surface area contributed by atoms with E-state index in [9.17, 15) is 0 Å². The van der Waals surface area contributed by atoms with Crippen molar-refractivity contribution in [2.75, 3.05) is 0 Å². The van der Waals surface area contributed by atoms with Crippen molar-refractivity contribution in [1.82, 2.24) is 0 Å². The SMILES string of the molecule is CCCCCCCCCCc1ccc(-c2ccc(-c3ccc(-c4ccc(-c5ccc(-c6ccc(CCCCCCCCCC)s6)s5)s4)s3)s2)s1.CCCCCCc1ccc(-c2ccc(-c3ccc(-c4ccc(CCCCCC)s4)s3)s2)s1.CCCCCCc1ccc(-c2ccc(-c3ccc(-c4ccc(CCCCCCCCCCC[Si](C)(C)O[SiH](C)C)s4)s3)s2)s1. The zero-order chi connectivity index (χ0) is 87.8. The Labute approximate surface area is 820 Å². The van der Waals surface area contributed by atoms with E-state index in [2.05, 4.69) is 231 Å². The third kappa shape index (κ3) is 34.0. The lowest BCUT2D eigenvalue weighted by Crippen LogP contribution is -2.34. The monoisotopic (exact) mass is 1970 g/mol. The minimum absolute atomic E-state index is 0.872. The van der Waals surface area contributed by atoms with Crippen molar-refractivity contribution in [3.63, 3.8) is 0 Å². The quantitative estimate of drug-likeness (QED) is 0.0273. The maximum Gasteiger partial charge on any atom is 0.173 e. The minimum Gasteiger partial charge on any atom is -0.458 e. The molecule has 17 heteroatoms. The van der Waals surface area contributed by atoms with Crippen LogP contribution in [0.5, 0.6) is 0 Å². The zero-order valence-corrected chi connectivity index (χ0v) is 91.1. The van der Waals surface area contributed by atoms with Crippen LogP contribution in [0.1, 0.15) is 301 Å². The molecule has 0 aromatic carbocycles. The summed E-state index contributed by atoms with van der Waals surface area (Å²) < 4.78 is 6.30. The molecule has 0 saturated heterocycles. The van der Waals surface area contributed by atoms with E-state index < -0.39 is 17.4 Å². The number of hydrogen-bond acceptors (Lipinski definition) is 15. The Morgan fingerprint density at radius 1 is 0.175 bits per heavy atom. The predicted octanol–water partition coefficient (Wildman–Crippen LogP) is 43.3. The molecule has 0 aliphatic rings. The van der Waals surface area contributed by atoms with Crippen LogP contribution in [0, 0.1) is 0 Å². The van der Waals surface area contributed by atoms with Crippen molar-refractivity contribution in [3.8, 4) is 107 Å². The Kier molecular flexibility index (Phi) is 45.3. The molecule has 14 aromatic rings. The van der Waals surface area contributed by atoms with Crippen molar-refractivity contribution in [1.29, 1.82) is 0 Å². The van der Waals surface area contributed by atoms with E-state index in [1.807, 2.05) is 159 Å². The van der Waals surface area contributed by atoms with Crippen LogP contribution in [0.25, 0.3) is 107 Å². The van der Waals surface area contributed by atoms with Gasteiger partial charge < -0.3 is 4.12 Å². The lowest BCUT2D eigenvalue weighted by atomic mass is 10.1. The highest BCUT2D eigenvalue weighted by Gasteiger charge is 2.24. The minimum atomic E-state index is -1.37. The van der Waals surface area contributed by atoms with Gasteiger partial charge in [0.2, 0.25) is 0 Å². The Bertz CT molecular complexity index is 5020. The van der Waals surface area contributed by atoms with Gasteiger partial charge in [0.1, 0.15) is 0 Å². The molecule has 0 fully saturated rings. The standard InChI is InChI=1S/C44H54S6.C37H56OS4Si2.C28H34S4/c1-3-5-7-9-11-13-15-17-19-33-21-23-35(45-33)37-25-27-39(47-37)41-29-31-43(49-41)44-32-30-42(50-44)40-28-26-38(48-40)36-24-22-34(46-36)20-18-16-14-12-10-8-6-4-2;1-6-7-8-16-19-30-21-23-32(39-30)34-25-27-36(41-34)37-28-26-35(42-37)33-24-22-31(40-33)20-17-14-12-10-9-11-13-15-18-29-44(4,5)38-43(2)3;1-3-5-7-9-11-21-13-15-23(29-21)25-17-19-27(31-25)28-20-18-26(32-28)24-16-14-22(30-24)12-10-8-6-4-2/h21-32H,3-20H2,1-2H3;21-28,43H,6-20,29H2,1-5H3;13-20H,3-12H2,1-2H3. The van der Waals surface area contributed by atoms with Crippen LogP contribution in [0.2, 0.25) is 32.2 Å². The van der Waals surface area contributed by atoms with Crippen LogP contribution in [0.4, 0.5) is 0 Å². The molecule has 0 bridgehead atoms. The summed E-state index contributed by atoms with van der Waals surface area (Å²) in [4.78, 5) is 40.1. The van der Waals surface area contributed by atoms with Gasteiger partial charge in [-0.3, -0.25) is 0 Å². The second kappa shape index (κ2) is 56.4. The molecule has 0 unspecified atom stereocenters. The highest BCUT2D eigenvalue weighted by Crippen LogP contribution is 2.49. The summed E-state index contributed by atoms with van der Waals surface area (Å²) in [5.41, 5.74) is 0. The first-order valence-electron chi connectivity index (χ1n) is 48.8. The van der Waals surface area contributed by atoms with Crippen molar-refractivity contribution >= 4 is 176 Å². The fourth-order valence-electron chi connectivity index (χ4n) is 16.5. The van der Waals surface area contributed by atoms with Crippen LogP contribution in [0.15, 0.2) is 170 Å². The molecular weight excluding hydrogens is 1830 g/mol. The summed E-state index contributed by atoms with van der Waals surface area (Å²) in [6.07, 6.45) is 58.2. The van der Waals surface area contributed by atoms with Gasteiger partial charge in [0.25, 0.3) is 0 Å². The van der Waals surface area contributed by atoms with Crippen LogP contribution in [-0.2, 0) is 42.6 Å². The molecule has 0 atom stereocenters. The predicted molar refractivity (Wildman–Crippen MR) is 593 cm³/mol. The molecule has 14 aromatic heterocycles. The largest absolute Gasteiger partial charge is 0.458 e. The molecule has 1 nitrogen and oxygen atoms in total. The van der Waals surface area contributed by atoms with E-state index in [0.29, 0.717) is 0 Å². The average Bonchev–Trinajstić information content (AvgIpc) is 1.66. The fraction of sp³-hybridized carbons (Fsp3) is 0.486. The highest BCUT2D eigenvalue weighted by atomic mass is 32.2. The van der Waals surface area contributed by atoms with Gasteiger partial charge in [-0.2, -0.15) is 0 Å². The van der Waals surface area contributed by atoms with Gasteiger partial charge in [0.15, 0.2) is 17.4 Å². The van der Waals surface area contributed by atoms with Crippen LogP contribution >= 0.6 is 159 Å². The fourth-order valence-corrected chi connectivity index (χ4v) is 38.5. The summed E-state index contributed by atoms with van der Waals surface area (Å²) in [5, 5.41) is 0. The van der Waals surface area contributed by atoms with E-state index >= 15 is 0 Å².